The largest absolute Gasteiger partial charge is 0.480 e. The van der Waals surface area contributed by atoms with Crippen molar-refractivity contribution in [1.29, 1.82) is 0 Å². The van der Waals surface area contributed by atoms with Crippen molar-refractivity contribution < 1.29 is 49.1 Å². The van der Waals surface area contributed by atoms with E-state index in [0.29, 0.717) is 0 Å². The number of carbonyl (C=O) groups is 4. The zero-order chi connectivity index (χ0) is 18.9. The van der Waals surface area contributed by atoms with Crippen LogP contribution in [0.25, 0.3) is 0 Å². The molecule has 0 aliphatic rings. The molecule has 0 aromatic carbocycles. The average molecular weight is 351 g/mol. The van der Waals surface area contributed by atoms with Gasteiger partial charge in [-0.2, -0.15) is 0 Å². The molecule has 0 bridgehead atoms. The molecule has 5 atom stereocenters. The highest BCUT2D eigenvalue weighted by molar-refractivity contribution is 5.76. The first-order valence-electron chi connectivity index (χ1n) is 6.91. The molecule has 0 aliphatic heterocycles. The summed E-state index contributed by atoms with van der Waals surface area (Å²) in [4.78, 5) is 44.3. The minimum absolute atomic E-state index is 0.0654. The maximum absolute atomic E-state index is 11.6. The maximum atomic E-state index is 11.6. The number of carboxylic acids is 1. The summed E-state index contributed by atoms with van der Waals surface area (Å²) in [5.41, 5.74) is 5.21. The van der Waals surface area contributed by atoms with E-state index in [1.165, 1.54) is 0 Å². The molecule has 0 aromatic rings. The van der Waals surface area contributed by atoms with Crippen LogP contribution in [0.3, 0.4) is 0 Å². The summed E-state index contributed by atoms with van der Waals surface area (Å²) in [5.74, 6) is -3.28. The molecule has 0 radical (unpaired) electrons. The molecule has 0 heterocycles. The van der Waals surface area contributed by atoms with Gasteiger partial charge in [0.2, 0.25) is 0 Å². The Morgan fingerprint density at radius 1 is 1.21 bits per heavy atom. The van der Waals surface area contributed by atoms with Gasteiger partial charge in [0.1, 0.15) is 18.2 Å². The topological polar surface area (TPSA) is 194 Å². The van der Waals surface area contributed by atoms with Gasteiger partial charge in [0, 0.05) is 13.3 Å². The highest BCUT2D eigenvalue weighted by atomic mass is 16.6. The lowest BCUT2D eigenvalue weighted by Crippen LogP contribution is -2.50. The second-order valence-corrected chi connectivity index (χ2v) is 4.89. The van der Waals surface area contributed by atoms with Gasteiger partial charge >= 0.3 is 17.9 Å². The van der Waals surface area contributed by atoms with Crippen LogP contribution in [0, 0.1) is 0 Å². The lowest BCUT2D eigenvalue weighted by Gasteiger charge is -2.29. The van der Waals surface area contributed by atoms with Gasteiger partial charge in [0.15, 0.2) is 18.5 Å². The molecule has 24 heavy (non-hydrogen) atoms. The molecule has 0 fully saturated rings. The van der Waals surface area contributed by atoms with E-state index >= 15 is 0 Å². The molecular formula is C13H21NO10. The van der Waals surface area contributed by atoms with Crippen LogP contribution in [0.5, 0.6) is 0 Å². The number of aliphatic carboxylic acids is 1. The normalized spacial score (nSPS) is 17.0. The third kappa shape index (κ3) is 7.46. The maximum Gasteiger partial charge on any atom is 0.320 e. The summed E-state index contributed by atoms with van der Waals surface area (Å²) in [7, 11) is 0. The Morgan fingerprint density at radius 2 is 1.79 bits per heavy atom. The fourth-order valence-corrected chi connectivity index (χ4v) is 1.63. The molecule has 0 saturated carbocycles. The molecule has 11 heteroatoms. The summed E-state index contributed by atoms with van der Waals surface area (Å²) in [5, 5.41) is 36.6. The van der Waals surface area contributed by atoms with Crippen LogP contribution in [0.1, 0.15) is 19.8 Å². The second-order valence-electron chi connectivity index (χ2n) is 4.89. The first-order valence-corrected chi connectivity index (χ1v) is 6.91. The van der Waals surface area contributed by atoms with Crippen molar-refractivity contribution in [3.05, 3.63) is 0 Å². The number of carbonyl (C=O) groups excluding carboxylic acids is 3. The molecular weight excluding hydrogens is 330 g/mol. The van der Waals surface area contributed by atoms with Crippen LogP contribution in [0.2, 0.25) is 0 Å². The first kappa shape index (κ1) is 21.9. The van der Waals surface area contributed by atoms with E-state index in [9.17, 15) is 29.4 Å². The van der Waals surface area contributed by atoms with E-state index in [1.807, 2.05) is 0 Å². The number of esters is 2. The molecule has 0 rings (SSSR count). The Hall–Kier alpha value is -2.08. The fourth-order valence-electron chi connectivity index (χ4n) is 1.63. The van der Waals surface area contributed by atoms with Gasteiger partial charge in [-0.1, -0.05) is 0 Å². The minimum Gasteiger partial charge on any atom is -0.480 e. The van der Waals surface area contributed by atoms with Gasteiger partial charge < -0.3 is 35.6 Å². The van der Waals surface area contributed by atoms with Crippen LogP contribution >= 0.6 is 0 Å². The highest BCUT2D eigenvalue weighted by Gasteiger charge is 2.37. The van der Waals surface area contributed by atoms with E-state index in [-0.39, 0.29) is 12.7 Å². The third-order valence-corrected chi connectivity index (χ3v) is 2.92. The first-order chi connectivity index (χ1) is 11.1. The predicted octanol–water partition coefficient (Wildman–Crippen LogP) is -3.06. The Bertz CT molecular complexity index is 454. The second kappa shape index (κ2) is 10.6. The van der Waals surface area contributed by atoms with E-state index in [1.54, 1.807) is 0 Å². The van der Waals surface area contributed by atoms with Crippen molar-refractivity contribution in [3.63, 3.8) is 0 Å². The van der Waals surface area contributed by atoms with Crippen molar-refractivity contribution in [2.45, 2.75) is 50.2 Å². The van der Waals surface area contributed by atoms with Gasteiger partial charge in [0.25, 0.3) is 0 Å². The van der Waals surface area contributed by atoms with Crippen molar-refractivity contribution in [3.8, 4) is 0 Å². The van der Waals surface area contributed by atoms with E-state index in [2.05, 4.69) is 4.74 Å². The summed E-state index contributed by atoms with van der Waals surface area (Å²) >= 11 is 0. The zero-order valence-corrected chi connectivity index (χ0v) is 12.9. The van der Waals surface area contributed by atoms with Gasteiger partial charge in [-0.15, -0.1) is 0 Å². The average Bonchev–Trinajstić information content (AvgIpc) is 2.53. The lowest BCUT2D eigenvalue weighted by molar-refractivity contribution is -0.183. The Labute approximate surface area is 137 Å². The molecule has 0 aliphatic carbocycles. The predicted molar refractivity (Wildman–Crippen MR) is 75.4 cm³/mol. The fraction of sp³-hybridized carbons (Fsp3) is 0.692. The van der Waals surface area contributed by atoms with Crippen molar-refractivity contribution in [1.82, 2.24) is 0 Å². The number of aldehydes is 1. The molecule has 6 N–H and O–H groups in total. The van der Waals surface area contributed by atoms with Crippen molar-refractivity contribution in [2.24, 2.45) is 5.73 Å². The van der Waals surface area contributed by atoms with Crippen LogP contribution in [0.4, 0.5) is 0 Å². The van der Waals surface area contributed by atoms with E-state index < -0.39 is 61.4 Å². The standard InChI is InChI=1S/C13H21NO10/c1-6(17)23-12(11(20)8(18)4-15)9(5-16)24-10(19)3-2-7(14)13(21)22/h5,7-9,11-12,15,18,20H,2-4,14H2,1H3,(H,21,22)/t7-,8+,9-,11-,12+/m0/s1. The quantitative estimate of drug-likeness (QED) is 0.187. The van der Waals surface area contributed by atoms with Crippen molar-refractivity contribution in [2.75, 3.05) is 6.61 Å². The van der Waals surface area contributed by atoms with Gasteiger partial charge in [-0.25, -0.2) is 0 Å². The van der Waals surface area contributed by atoms with Crippen LogP contribution in [0.15, 0.2) is 0 Å². The number of hydrogen-bond acceptors (Lipinski definition) is 10. The number of carboxylic acid groups (broad SMARTS) is 1. The monoisotopic (exact) mass is 351 g/mol. The van der Waals surface area contributed by atoms with Crippen molar-refractivity contribution >= 4 is 24.2 Å². The molecule has 138 valence electrons. The number of ether oxygens (including phenoxy) is 2. The van der Waals surface area contributed by atoms with Crippen LogP contribution < -0.4 is 5.73 Å². The lowest BCUT2D eigenvalue weighted by atomic mass is 10.0. The highest BCUT2D eigenvalue weighted by Crippen LogP contribution is 2.13. The van der Waals surface area contributed by atoms with Gasteiger partial charge in [-0.05, 0) is 6.42 Å². The van der Waals surface area contributed by atoms with Gasteiger partial charge in [-0.3, -0.25) is 19.2 Å². The molecule has 11 nitrogen and oxygen atoms in total. The minimum atomic E-state index is -1.90. The molecule has 0 amide bonds. The smallest absolute Gasteiger partial charge is 0.320 e. The number of rotatable bonds is 11. The number of nitrogens with two attached hydrogens (primary N) is 1. The van der Waals surface area contributed by atoms with E-state index in [4.69, 9.17) is 20.7 Å². The molecule has 0 saturated heterocycles. The molecule has 0 spiro atoms. The molecule has 0 unspecified atom stereocenters. The number of aliphatic hydroxyl groups is 3. The summed E-state index contributed by atoms with van der Waals surface area (Å²) in [6, 6.07) is -1.31. The Kier molecular flexibility index (Phi) is 9.73. The third-order valence-electron chi connectivity index (χ3n) is 2.92. The SMILES string of the molecule is CC(=O)O[C@@H]([C@@H](O)[C@H](O)CO)[C@H](C=O)OC(=O)CC[C@H](N)C(=O)O. The Balaban J connectivity index is 4.94. The molecule has 0 aromatic heterocycles. The summed E-state index contributed by atoms with van der Waals surface area (Å²) < 4.78 is 9.39. The van der Waals surface area contributed by atoms with Crippen LogP contribution in [-0.4, -0.2) is 81.7 Å². The Morgan fingerprint density at radius 3 is 2.21 bits per heavy atom. The van der Waals surface area contributed by atoms with Crippen LogP contribution in [-0.2, 0) is 28.7 Å². The number of hydrogen-bond donors (Lipinski definition) is 5. The zero-order valence-electron chi connectivity index (χ0n) is 12.9. The van der Waals surface area contributed by atoms with Gasteiger partial charge in [0.05, 0.1) is 6.61 Å². The van der Waals surface area contributed by atoms with E-state index in [0.717, 1.165) is 6.92 Å². The summed E-state index contributed by atoms with van der Waals surface area (Å²) in [6.45, 7) is 0.0620. The summed E-state index contributed by atoms with van der Waals surface area (Å²) in [6.07, 6.45) is -7.81. The number of aliphatic hydroxyl groups excluding tert-OH is 3.